The highest BCUT2D eigenvalue weighted by Gasteiger charge is 2.31. The Morgan fingerprint density at radius 1 is 0.833 bits per heavy atom. The molecule has 2 aromatic carbocycles. The van der Waals surface area contributed by atoms with Crippen LogP contribution in [-0.4, -0.2) is 43.8 Å². The van der Waals surface area contributed by atoms with E-state index in [9.17, 15) is 8.42 Å². The number of aryl methyl sites for hydroxylation is 2. The van der Waals surface area contributed by atoms with Gasteiger partial charge in [-0.3, -0.25) is 4.90 Å². The summed E-state index contributed by atoms with van der Waals surface area (Å²) < 4.78 is 28.5. The first-order valence-electron chi connectivity index (χ1n) is 10.8. The highest BCUT2D eigenvalue weighted by atomic mass is 32.2. The van der Waals surface area contributed by atoms with E-state index >= 15 is 0 Å². The Morgan fingerprint density at radius 2 is 1.33 bits per heavy atom. The fourth-order valence-corrected chi connectivity index (χ4v) is 6.19. The van der Waals surface area contributed by atoms with Gasteiger partial charge in [-0.05, 0) is 66.5 Å². The molecule has 1 heterocycles. The minimum atomic E-state index is -3.48. The lowest BCUT2D eigenvalue weighted by atomic mass is 9.87. The van der Waals surface area contributed by atoms with Crippen molar-refractivity contribution in [2.24, 2.45) is 0 Å². The highest BCUT2D eigenvalue weighted by molar-refractivity contribution is 7.89. The molecular formula is C25H36N2O2S. The largest absolute Gasteiger partial charge is 0.296 e. The van der Waals surface area contributed by atoms with Gasteiger partial charge in [0.25, 0.3) is 0 Å². The van der Waals surface area contributed by atoms with E-state index in [1.54, 1.807) is 4.31 Å². The first kappa shape index (κ1) is 23.0. The van der Waals surface area contributed by atoms with E-state index in [1.807, 2.05) is 27.7 Å². The van der Waals surface area contributed by atoms with Crippen LogP contribution < -0.4 is 0 Å². The summed E-state index contributed by atoms with van der Waals surface area (Å²) in [5.74, 6) is 0. The first-order chi connectivity index (χ1) is 13.9. The Bertz CT molecular complexity index is 984. The molecule has 3 rings (SSSR count). The van der Waals surface area contributed by atoms with Crippen LogP contribution in [0.25, 0.3) is 0 Å². The minimum absolute atomic E-state index is 0.156. The van der Waals surface area contributed by atoms with Gasteiger partial charge >= 0.3 is 0 Å². The Morgan fingerprint density at radius 3 is 1.80 bits per heavy atom. The SMILES string of the molecule is Cc1cc(C)c(C)c(S(=O)(=O)N2CCN(Cc3ccc(C(C)(C)C)cc3)CC2)c1C. The lowest BCUT2D eigenvalue weighted by Crippen LogP contribution is -2.48. The second-order valence-electron chi connectivity index (χ2n) is 9.72. The van der Waals surface area contributed by atoms with Gasteiger partial charge in [0.15, 0.2) is 0 Å². The van der Waals surface area contributed by atoms with Crippen molar-refractivity contribution in [2.75, 3.05) is 26.2 Å². The van der Waals surface area contributed by atoms with E-state index < -0.39 is 10.0 Å². The number of benzene rings is 2. The summed E-state index contributed by atoms with van der Waals surface area (Å²) in [5.41, 5.74) is 6.59. The molecule has 0 atom stereocenters. The Balaban J connectivity index is 1.70. The number of piperazine rings is 1. The molecule has 0 saturated carbocycles. The third kappa shape index (κ3) is 4.63. The summed E-state index contributed by atoms with van der Waals surface area (Å²) >= 11 is 0. The van der Waals surface area contributed by atoms with Gasteiger partial charge in [-0.2, -0.15) is 4.31 Å². The van der Waals surface area contributed by atoms with Crippen molar-refractivity contribution in [2.45, 2.75) is 65.3 Å². The summed E-state index contributed by atoms with van der Waals surface area (Å²) in [6.07, 6.45) is 0. The average Bonchev–Trinajstić information content (AvgIpc) is 2.67. The van der Waals surface area contributed by atoms with Crippen molar-refractivity contribution in [3.05, 3.63) is 63.7 Å². The molecule has 4 nitrogen and oxygen atoms in total. The molecule has 0 radical (unpaired) electrons. The van der Waals surface area contributed by atoms with Crippen LogP contribution >= 0.6 is 0 Å². The lowest BCUT2D eigenvalue weighted by molar-refractivity contribution is 0.181. The summed E-state index contributed by atoms with van der Waals surface area (Å²) in [6, 6.07) is 10.9. The monoisotopic (exact) mass is 428 g/mol. The summed E-state index contributed by atoms with van der Waals surface area (Å²) in [4.78, 5) is 2.85. The number of sulfonamides is 1. The van der Waals surface area contributed by atoms with Crippen LogP contribution in [0.3, 0.4) is 0 Å². The molecule has 0 amide bonds. The zero-order valence-corrected chi connectivity index (χ0v) is 20.4. The standard InChI is InChI=1S/C25H36N2O2S/c1-18-16-19(2)21(4)24(20(18)3)30(28,29)27-14-12-26(13-15-27)17-22-8-10-23(11-9-22)25(5,6)7/h8-11,16H,12-15,17H2,1-7H3. The van der Waals surface area contributed by atoms with Crippen LogP contribution in [0.5, 0.6) is 0 Å². The molecule has 2 aromatic rings. The number of hydrogen-bond donors (Lipinski definition) is 0. The van der Waals surface area contributed by atoms with Crippen molar-refractivity contribution in [3.8, 4) is 0 Å². The quantitative estimate of drug-likeness (QED) is 0.707. The molecule has 0 aliphatic carbocycles. The van der Waals surface area contributed by atoms with Gasteiger partial charge in [0, 0.05) is 32.7 Å². The van der Waals surface area contributed by atoms with Crippen LogP contribution in [0.1, 0.15) is 54.2 Å². The fraction of sp³-hybridized carbons (Fsp3) is 0.520. The van der Waals surface area contributed by atoms with Crippen LogP contribution in [-0.2, 0) is 22.0 Å². The van der Waals surface area contributed by atoms with Gasteiger partial charge in [-0.25, -0.2) is 8.42 Å². The summed E-state index contributed by atoms with van der Waals surface area (Å²) in [7, 11) is -3.48. The van der Waals surface area contributed by atoms with E-state index in [0.717, 1.165) is 41.9 Å². The van der Waals surface area contributed by atoms with Crippen LogP contribution in [0.15, 0.2) is 35.2 Å². The Hall–Kier alpha value is -1.69. The van der Waals surface area contributed by atoms with Crippen molar-refractivity contribution in [1.82, 2.24) is 9.21 Å². The van der Waals surface area contributed by atoms with E-state index in [0.29, 0.717) is 18.0 Å². The van der Waals surface area contributed by atoms with Crippen molar-refractivity contribution in [1.29, 1.82) is 0 Å². The highest BCUT2D eigenvalue weighted by Crippen LogP contribution is 2.29. The zero-order valence-electron chi connectivity index (χ0n) is 19.5. The minimum Gasteiger partial charge on any atom is -0.296 e. The molecule has 1 fully saturated rings. The predicted molar refractivity (Wildman–Crippen MR) is 125 cm³/mol. The van der Waals surface area contributed by atoms with Crippen LogP contribution in [0.2, 0.25) is 0 Å². The molecule has 1 saturated heterocycles. The van der Waals surface area contributed by atoms with E-state index in [2.05, 4.69) is 56.0 Å². The number of hydrogen-bond acceptors (Lipinski definition) is 3. The van der Waals surface area contributed by atoms with E-state index in [4.69, 9.17) is 0 Å². The lowest BCUT2D eigenvalue weighted by Gasteiger charge is -2.35. The van der Waals surface area contributed by atoms with Gasteiger partial charge in [0.2, 0.25) is 10.0 Å². The molecule has 0 bridgehead atoms. The van der Waals surface area contributed by atoms with Gasteiger partial charge in [0.05, 0.1) is 4.90 Å². The summed E-state index contributed by atoms with van der Waals surface area (Å²) in [6.45, 7) is 17.9. The van der Waals surface area contributed by atoms with Crippen molar-refractivity contribution >= 4 is 10.0 Å². The van der Waals surface area contributed by atoms with Crippen molar-refractivity contribution in [3.63, 3.8) is 0 Å². The van der Waals surface area contributed by atoms with E-state index in [1.165, 1.54) is 11.1 Å². The van der Waals surface area contributed by atoms with Crippen LogP contribution in [0.4, 0.5) is 0 Å². The van der Waals surface area contributed by atoms with Crippen molar-refractivity contribution < 1.29 is 8.42 Å². The molecule has 0 spiro atoms. The molecule has 30 heavy (non-hydrogen) atoms. The number of rotatable bonds is 4. The molecule has 164 valence electrons. The Kier molecular flexibility index (Phi) is 6.47. The molecule has 0 unspecified atom stereocenters. The predicted octanol–water partition coefficient (Wildman–Crippen LogP) is 4.72. The average molecular weight is 429 g/mol. The maximum absolute atomic E-state index is 13.4. The summed E-state index contributed by atoms with van der Waals surface area (Å²) in [5, 5.41) is 0. The first-order valence-corrected chi connectivity index (χ1v) is 12.2. The molecular weight excluding hydrogens is 392 g/mol. The van der Waals surface area contributed by atoms with Gasteiger partial charge < -0.3 is 0 Å². The zero-order chi connectivity index (χ0) is 22.3. The van der Waals surface area contributed by atoms with Gasteiger partial charge in [-0.1, -0.05) is 51.1 Å². The third-order valence-corrected chi connectivity index (χ3v) is 8.63. The molecule has 1 aliphatic rings. The second kappa shape index (κ2) is 8.45. The smallest absolute Gasteiger partial charge is 0.243 e. The topological polar surface area (TPSA) is 40.6 Å². The van der Waals surface area contributed by atoms with Crippen LogP contribution in [0, 0.1) is 27.7 Å². The molecule has 1 aliphatic heterocycles. The maximum atomic E-state index is 13.4. The van der Waals surface area contributed by atoms with Gasteiger partial charge in [0.1, 0.15) is 0 Å². The molecule has 0 aromatic heterocycles. The van der Waals surface area contributed by atoms with Gasteiger partial charge in [-0.15, -0.1) is 0 Å². The number of nitrogens with zero attached hydrogens (tertiary/aromatic N) is 2. The third-order valence-electron chi connectivity index (χ3n) is 6.45. The maximum Gasteiger partial charge on any atom is 0.243 e. The second-order valence-corrected chi connectivity index (χ2v) is 11.6. The molecule has 5 heteroatoms. The normalized spacial score (nSPS) is 16.8. The fourth-order valence-electron chi connectivity index (χ4n) is 4.19. The Labute approximate surface area is 183 Å². The van der Waals surface area contributed by atoms with E-state index in [-0.39, 0.29) is 5.41 Å². The molecule has 0 N–H and O–H groups in total.